The van der Waals surface area contributed by atoms with Crippen molar-refractivity contribution in [1.82, 2.24) is 0 Å². The Morgan fingerprint density at radius 3 is 2.41 bits per heavy atom. The van der Waals surface area contributed by atoms with Crippen LogP contribution < -0.4 is 15.4 Å². The first-order chi connectivity index (χ1) is 10.6. The normalized spacial score (nSPS) is 10.4. The van der Waals surface area contributed by atoms with E-state index < -0.39 is 6.09 Å². The van der Waals surface area contributed by atoms with Gasteiger partial charge in [-0.2, -0.15) is 0 Å². The average Bonchev–Trinajstić information content (AvgIpc) is 2.53. The highest BCUT2D eigenvalue weighted by atomic mass is 16.7. The van der Waals surface area contributed by atoms with Crippen molar-refractivity contribution in [2.75, 3.05) is 44.6 Å². The molecular formula is C15H24N2O5. The van der Waals surface area contributed by atoms with Gasteiger partial charge in [0.05, 0.1) is 26.5 Å². The Morgan fingerprint density at radius 1 is 1.18 bits per heavy atom. The number of amides is 1. The van der Waals surface area contributed by atoms with Gasteiger partial charge in [0.1, 0.15) is 5.75 Å². The van der Waals surface area contributed by atoms with Crippen LogP contribution in [-0.4, -0.2) is 46.4 Å². The van der Waals surface area contributed by atoms with Gasteiger partial charge in [0.2, 0.25) is 0 Å². The third-order valence-electron chi connectivity index (χ3n) is 2.80. The summed E-state index contributed by atoms with van der Waals surface area (Å²) in [4.78, 5) is 11.3. The molecule has 0 radical (unpaired) electrons. The lowest BCUT2D eigenvalue weighted by molar-refractivity contribution is -0.126. The Kier molecular flexibility index (Phi) is 8.09. The Bertz CT molecular complexity index is 461. The van der Waals surface area contributed by atoms with Gasteiger partial charge in [-0.15, -0.1) is 0 Å². The summed E-state index contributed by atoms with van der Waals surface area (Å²) in [6.45, 7) is 5.47. The first-order valence-electron chi connectivity index (χ1n) is 7.14. The molecule has 1 rings (SSSR count). The molecule has 0 bridgehead atoms. The zero-order valence-electron chi connectivity index (χ0n) is 13.5. The van der Waals surface area contributed by atoms with Gasteiger partial charge in [-0.1, -0.05) is 0 Å². The Hall–Kier alpha value is -1.99. The Morgan fingerprint density at radius 2 is 1.86 bits per heavy atom. The summed E-state index contributed by atoms with van der Waals surface area (Å²) >= 11 is 0. The number of hydrogen-bond acceptors (Lipinski definition) is 6. The minimum absolute atomic E-state index is 0.325. The predicted molar refractivity (Wildman–Crippen MR) is 84.6 cm³/mol. The molecule has 0 spiro atoms. The van der Waals surface area contributed by atoms with Crippen LogP contribution >= 0.6 is 0 Å². The number of benzene rings is 1. The van der Waals surface area contributed by atoms with E-state index in [0.717, 1.165) is 5.69 Å². The van der Waals surface area contributed by atoms with Gasteiger partial charge in [0.15, 0.2) is 6.29 Å². The molecule has 1 amide bonds. The van der Waals surface area contributed by atoms with Gasteiger partial charge >= 0.3 is 6.09 Å². The van der Waals surface area contributed by atoms with Crippen molar-refractivity contribution in [3.63, 3.8) is 0 Å². The van der Waals surface area contributed by atoms with E-state index in [2.05, 4.69) is 15.4 Å². The third-order valence-corrected chi connectivity index (χ3v) is 2.80. The van der Waals surface area contributed by atoms with Crippen LogP contribution in [0.3, 0.4) is 0 Å². The Labute approximate surface area is 130 Å². The molecule has 0 aliphatic heterocycles. The largest absolute Gasteiger partial charge is 0.495 e. The molecular weight excluding hydrogens is 288 g/mol. The van der Waals surface area contributed by atoms with Gasteiger partial charge in [0, 0.05) is 18.9 Å². The molecule has 2 N–H and O–H groups in total. The molecule has 1 aromatic rings. The highest BCUT2D eigenvalue weighted by molar-refractivity contribution is 5.87. The summed E-state index contributed by atoms with van der Waals surface area (Å²) in [6.07, 6.45) is -0.883. The standard InChI is InChI=1S/C15H24N2O5/c1-5-21-14(22-6-2)10-16-11-7-8-13(19-3)12(9-11)17-15(18)20-4/h7-9,14,16H,5-6,10H2,1-4H3,(H,17,18). The van der Waals surface area contributed by atoms with Crippen LogP contribution in [0.15, 0.2) is 18.2 Å². The van der Waals surface area contributed by atoms with Gasteiger partial charge in [-0.25, -0.2) is 4.79 Å². The van der Waals surface area contributed by atoms with Gasteiger partial charge < -0.3 is 24.3 Å². The number of rotatable bonds is 9. The van der Waals surface area contributed by atoms with Crippen molar-refractivity contribution in [2.45, 2.75) is 20.1 Å². The van der Waals surface area contributed by atoms with E-state index in [1.807, 2.05) is 19.9 Å². The predicted octanol–water partition coefficient (Wildman–Crippen LogP) is 2.68. The lowest BCUT2D eigenvalue weighted by atomic mass is 10.2. The minimum atomic E-state index is -0.558. The average molecular weight is 312 g/mol. The van der Waals surface area contributed by atoms with E-state index >= 15 is 0 Å². The highest BCUT2D eigenvalue weighted by Gasteiger charge is 2.11. The van der Waals surface area contributed by atoms with Gasteiger partial charge in [-0.05, 0) is 32.0 Å². The molecule has 7 heteroatoms. The molecule has 0 heterocycles. The summed E-state index contributed by atoms with van der Waals surface area (Å²) in [6, 6.07) is 5.35. The number of ether oxygens (including phenoxy) is 4. The summed E-state index contributed by atoms with van der Waals surface area (Å²) < 4.78 is 20.7. The fourth-order valence-electron chi connectivity index (χ4n) is 1.82. The maximum absolute atomic E-state index is 11.3. The summed E-state index contributed by atoms with van der Waals surface area (Å²) in [5.74, 6) is 0.544. The van der Waals surface area contributed by atoms with Crippen LogP contribution in [0.25, 0.3) is 0 Å². The van der Waals surface area contributed by atoms with Crippen molar-refractivity contribution >= 4 is 17.5 Å². The fraction of sp³-hybridized carbons (Fsp3) is 0.533. The first-order valence-corrected chi connectivity index (χ1v) is 7.14. The van der Waals surface area contributed by atoms with Crippen molar-refractivity contribution in [2.24, 2.45) is 0 Å². The van der Waals surface area contributed by atoms with Gasteiger partial charge in [-0.3, -0.25) is 5.32 Å². The second-order valence-electron chi connectivity index (χ2n) is 4.25. The molecule has 0 aliphatic carbocycles. The van der Waals surface area contributed by atoms with Crippen molar-refractivity contribution in [1.29, 1.82) is 0 Å². The first kappa shape index (κ1) is 18.1. The number of anilines is 2. The van der Waals surface area contributed by atoms with Crippen LogP contribution in [0.4, 0.5) is 16.2 Å². The van der Waals surface area contributed by atoms with E-state index in [9.17, 15) is 4.79 Å². The highest BCUT2D eigenvalue weighted by Crippen LogP contribution is 2.28. The SMILES string of the molecule is CCOC(CNc1ccc(OC)c(NC(=O)OC)c1)OCC. The molecule has 0 fully saturated rings. The molecule has 0 aromatic heterocycles. The molecule has 1 aromatic carbocycles. The molecule has 0 unspecified atom stereocenters. The molecule has 7 nitrogen and oxygen atoms in total. The van der Waals surface area contributed by atoms with Crippen LogP contribution in [0.5, 0.6) is 5.75 Å². The fourth-order valence-corrected chi connectivity index (χ4v) is 1.82. The zero-order valence-corrected chi connectivity index (χ0v) is 13.5. The Balaban J connectivity index is 2.74. The summed E-state index contributed by atoms with van der Waals surface area (Å²) in [5.41, 5.74) is 1.32. The second kappa shape index (κ2) is 9.86. The lowest BCUT2D eigenvalue weighted by Gasteiger charge is -2.19. The van der Waals surface area contributed by atoms with E-state index in [1.54, 1.807) is 12.1 Å². The maximum atomic E-state index is 11.3. The van der Waals surface area contributed by atoms with Gasteiger partial charge in [0.25, 0.3) is 0 Å². The second-order valence-corrected chi connectivity index (χ2v) is 4.25. The molecule has 124 valence electrons. The smallest absolute Gasteiger partial charge is 0.411 e. The van der Waals surface area contributed by atoms with Crippen LogP contribution in [0.2, 0.25) is 0 Å². The van der Waals surface area contributed by atoms with Crippen molar-refractivity contribution in [3.8, 4) is 5.75 Å². The van der Waals surface area contributed by atoms with E-state index in [0.29, 0.717) is 31.2 Å². The lowest BCUT2D eigenvalue weighted by Crippen LogP contribution is -2.26. The summed E-state index contributed by atoms with van der Waals surface area (Å²) in [7, 11) is 2.84. The number of methoxy groups -OCH3 is 2. The number of hydrogen-bond donors (Lipinski definition) is 2. The quantitative estimate of drug-likeness (QED) is 0.683. The molecule has 0 aliphatic rings. The number of carbonyl (C=O) groups excluding carboxylic acids is 1. The molecule has 22 heavy (non-hydrogen) atoms. The molecule has 0 saturated carbocycles. The topological polar surface area (TPSA) is 78.0 Å². The van der Waals surface area contributed by atoms with E-state index in [-0.39, 0.29) is 6.29 Å². The van der Waals surface area contributed by atoms with Crippen LogP contribution in [0, 0.1) is 0 Å². The zero-order chi connectivity index (χ0) is 16.4. The third kappa shape index (κ3) is 5.79. The maximum Gasteiger partial charge on any atom is 0.411 e. The number of carbonyl (C=O) groups is 1. The number of nitrogens with one attached hydrogen (secondary N) is 2. The minimum Gasteiger partial charge on any atom is -0.495 e. The monoisotopic (exact) mass is 312 g/mol. The molecule has 0 atom stereocenters. The molecule has 0 saturated heterocycles. The van der Waals surface area contributed by atoms with E-state index in [4.69, 9.17) is 14.2 Å². The van der Waals surface area contributed by atoms with Crippen LogP contribution in [-0.2, 0) is 14.2 Å². The van der Waals surface area contributed by atoms with Crippen molar-refractivity contribution in [3.05, 3.63) is 18.2 Å². The van der Waals surface area contributed by atoms with E-state index in [1.165, 1.54) is 14.2 Å². The van der Waals surface area contributed by atoms with Crippen molar-refractivity contribution < 1.29 is 23.7 Å². The van der Waals surface area contributed by atoms with Crippen LogP contribution in [0.1, 0.15) is 13.8 Å². The summed E-state index contributed by atoms with van der Waals surface area (Å²) in [5, 5.41) is 5.80.